The lowest BCUT2D eigenvalue weighted by Crippen LogP contribution is -2.10. The second kappa shape index (κ2) is 11.7. The molecule has 4 N–H and O–H groups in total. The number of aryl methyl sites for hydroxylation is 2. The zero-order valence-electron chi connectivity index (χ0n) is 21.3. The normalized spacial score (nSPS) is 10.4. The van der Waals surface area contributed by atoms with Gasteiger partial charge in [0.25, 0.3) is 5.95 Å². The molecule has 0 fully saturated rings. The van der Waals surface area contributed by atoms with Gasteiger partial charge in [0.2, 0.25) is 17.8 Å². The third-order valence-electron chi connectivity index (χ3n) is 5.45. The van der Waals surface area contributed by atoms with Crippen molar-refractivity contribution in [2.45, 2.75) is 20.3 Å². The number of hydrogen-bond acceptors (Lipinski definition) is 10. The van der Waals surface area contributed by atoms with Crippen molar-refractivity contribution < 1.29 is 19.4 Å². The van der Waals surface area contributed by atoms with Gasteiger partial charge >= 0.3 is 5.97 Å². The van der Waals surface area contributed by atoms with Gasteiger partial charge in [-0.05, 0) is 55.8 Å². The Bertz CT molecular complexity index is 1470. The molecule has 10 heteroatoms. The number of carbonyl (C=O) groups excluding carboxylic acids is 1. The standard InChI is InChI=1S/C28H28N6O4/c1-17-13-14-21(18(2)15-17)29-26-32-27(30-22-10-6-5-9-20(22)16-25(36)37-4)34-28(33-26)31-23-11-7-8-12-24(23)38-19(3)35/h5-15,35H,3,16H2,1-2,4H3,(H3,29,30,31,32,33,34). The van der Waals surface area contributed by atoms with Crippen molar-refractivity contribution in [2.24, 2.45) is 0 Å². The zero-order valence-corrected chi connectivity index (χ0v) is 21.3. The van der Waals surface area contributed by atoms with Crippen molar-refractivity contribution in [1.82, 2.24) is 15.0 Å². The molecule has 10 nitrogen and oxygen atoms in total. The second-order valence-electron chi connectivity index (χ2n) is 8.40. The quantitative estimate of drug-likeness (QED) is 0.152. The number of carbonyl (C=O) groups is 1. The van der Waals surface area contributed by atoms with E-state index in [1.165, 1.54) is 7.11 Å². The number of methoxy groups -OCH3 is 1. The van der Waals surface area contributed by atoms with E-state index < -0.39 is 5.95 Å². The lowest BCUT2D eigenvalue weighted by molar-refractivity contribution is -0.139. The monoisotopic (exact) mass is 512 g/mol. The summed E-state index contributed by atoms with van der Waals surface area (Å²) in [5.41, 5.74) is 4.87. The fraction of sp³-hybridized carbons (Fsp3) is 0.143. The number of nitrogens with one attached hydrogen (secondary N) is 3. The molecule has 1 aromatic heterocycles. The Kier molecular flexibility index (Phi) is 8.02. The third-order valence-corrected chi connectivity index (χ3v) is 5.45. The summed E-state index contributed by atoms with van der Waals surface area (Å²) in [4.78, 5) is 25.5. The van der Waals surface area contributed by atoms with Crippen molar-refractivity contribution in [3.05, 3.63) is 95.9 Å². The van der Waals surface area contributed by atoms with Crippen LogP contribution in [0.3, 0.4) is 0 Å². The number of nitrogens with zero attached hydrogens (tertiary/aromatic N) is 3. The minimum absolute atomic E-state index is 0.0826. The maximum atomic E-state index is 11.9. The summed E-state index contributed by atoms with van der Waals surface area (Å²) in [6, 6.07) is 20.3. The number of aromatic nitrogens is 3. The highest BCUT2D eigenvalue weighted by atomic mass is 16.6. The SMILES string of the molecule is C=C(O)Oc1ccccc1Nc1nc(Nc2ccc(C)cc2C)nc(Nc2ccccc2CC(=O)OC)n1. The van der Waals surface area contributed by atoms with Gasteiger partial charge in [-0.15, -0.1) is 0 Å². The van der Waals surface area contributed by atoms with Gasteiger partial charge in [0.05, 0.1) is 19.2 Å². The number of ether oxygens (including phenoxy) is 2. The number of benzene rings is 3. The minimum Gasteiger partial charge on any atom is -0.481 e. The number of para-hydroxylation sites is 3. The number of anilines is 6. The first-order chi connectivity index (χ1) is 18.3. The maximum Gasteiger partial charge on any atom is 0.310 e. The van der Waals surface area contributed by atoms with E-state index in [0.29, 0.717) is 17.1 Å². The number of aliphatic hydroxyl groups is 1. The van der Waals surface area contributed by atoms with E-state index in [0.717, 1.165) is 22.4 Å². The molecular formula is C28H28N6O4. The number of rotatable bonds is 10. The summed E-state index contributed by atoms with van der Waals surface area (Å²) in [7, 11) is 1.35. The number of aliphatic hydroxyl groups excluding tert-OH is 1. The zero-order chi connectivity index (χ0) is 27.1. The van der Waals surface area contributed by atoms with Crippen LogP contribution in [0.5, 0.6) is 5.75 Å². The molecule has 0 unspecified atom stereocenters. The fourth-order valence-corrected chi connectivity index (χ4v) is 3.67. The molecule has 0 amide bonds. The molecule has 3 aromatic carbocycles. The molecule has 194 valence electrons. The molecule has 0 saturated heterocycles. The van der Waals surface area contributed by atoms with Crippen LogP contribution >= 0.6 is 0 Å². The molecule has 0 saturated carbocycles. The molecule has 0 spiro atoms. The summed E-state index contributed by atoms with van der Waals surface area (Å²) >= 11 is 0. The lowest BCUT2D eigenvalue weighted by atomic mass is 10.1. The molecule has 0 aliphatic heterocycles. The lowest BCUT2D eigenvalue weighted by Gasteiger charge is -2.15. The van der Waals surface area contributed by atoms with Gasteiger partial charge in [0.1, 0.15) is 0 Å². The van der Waals surface area contributed by atoms with Crippen LogP contribution in [-0.2, 0) is 16.0 Å². The van der Waals surface area contributed by atoms with E-state index in [1.807, 2.05) is 50.2 Å². The van der Waals surface area contributed by atoms with Crippen LogP contribution in [0, 0.1) is 13.8 Å². The van der Waals surface area contributed by atoms with Gasteiger partial charge in [-0.3, -0.25) is 4.79 Å². The predicted octanol–water partition coefficient (Wildman–Crippen LogP) is 5.84. The number of hydrogen-bond donors (Lipinski definition) is 4. The van der Waals surface area contributed by atoms with Crippen LogP contribution in [-0.4, -0.2) is 33.1 Å². The van der Waals surface area contributed by atoms with Crippen LogP contribution in [0.15, 0.2) is 79.3 Å². The molecule has 0 bridgehead atoms. The van der Waals surface area contributed by atoms with Gasteiger partial charge in [0.15, 0.2) is 5.75 Å². The van der Waals surface area contributed by atoms with Gasteiger partial charge in [0, 0.05) is 11.4 Å². The number of esters is 1. The molecule has 4 aromatic rings. The summed E-state index contributed by atoms with van der Waals surface area (Å²) < 4.78 is 10.1. The Morgan fingerprint density at radius 3 is 2.05 bits per heavy atom. The molecule has 0 radical (unpaired) electrons. The van der Waals surface area contributed by atoms with Crippen LogP contribution in [0.25, 0.3) is 0 Å². The highest BCUT2D eigenvalue weighted by Crippen LogP contribution is 2.29. The minimum atomic E-state index is -0.448. The van der Waals surface area contributed by atoms with E-state index in [4.69, 9.17) is 9.47 Å². The topological polar surface area (TPSA) is 131 Å². The van der Waals surface area contributed by atoms with E-state index in [1.54, 1.807) is 24.3 Å². The summed E-state index contributed by atoms with van der Waals surface area (Å²) in [6.45, 7) is 7.40. The first-order valence-electron chi connectivity index (χ1n) is 11.7. The Balaban J connectivity index is 1.71. The summed E-state index contributed by atoms with van der Waals surface area (Å²) in [5.74, 6) is 0.250. The van der Waals surface area contributed by atoms with Gasteiger partial charge in [-0.25, -0.2) is 0 Å². The fourth-order valence-electron chi connectivity index (χ4n) is 3.67. The van der Waals surface area contributed by atoms with Crippen LogP contribution < -0.4 is 20.7 Å². The van der Waals surface area contributed by atoms with E-state index in [-0.39, 0.29) is 30.2 Å². The molecular weight excluding hydrogens is 484 g/mol. The second-order valence-corrected chi connectivity index (χ2v) is 8.40. The van der Waals surface area contributed by atoms with Gasteiger partial charge in [-0.2, -0.15) is 15.0 Å². The average Bonchev–Trinajstić information content (AvgIpc) is 2.87. The highest BCUT2D eigenvalue weighted by molar-refractivity contribution is 5.76. The van der Waals surface area contributed by atoms with Crippen molar-refractivity contribution in [3.63, 3.8) is 0 Å². The molecule has 0 aliphatic rings. The summed E-state index contributed by atoms with van der Waals surface area (Å²) in [6.07, 6.45) is 0.0826. The molecule has 38 heavy (non-hydrogen) atoms. The van der Waals surface area contributed by atoms with E-state index in [9.17, 15) is 9.90 Å². The Hall–Kier alpha value is -5.12. The Labute approximate surface area is 220 Å². The first kappa shape index (κ1) is 26.0. The van der Waals surface area contributed by atoms with Gasteiger partial charge < -0.3 is 30.5 Å². The van der Waals surface area contributed by atoms with Crippen molar-refractivity contribution in [2.75, 3.05) is 23.1 Å². The van der Waals surface area contributed by atoms with E-state index in [2.05, 4.69) is 43.5 Å². The highest BCUT2D eigenvalue weighted by Gasteiger charge is 2.14. The smallest absolute Gasteiger partial charge is 0.310 e. The Morgan fingerprint density at radius 2 is 1.42 bits per heavy atom. The van der Waals surface area contributed by atoms with Gasteiger partial charge in [-0.1, -0.05) is 48.0 Å². The molecule has 4 rings (SSSR count). The maximum absolute atomic E-state index is 11.9. The van der Waals surface area contributed by atoms with Crippen LogP contribution in [0.1, 0.15) is 16.7 Å². The molecule has 0 aliphatic carbocycles. The van der Waals surface area contributed by atoms with E-state index >= 15 is 0 Å². The summed E-state index contributed by atoms with van der Waals surface area (Å²) in [5, 5.41) is 19.1. The third kappa shape index (κ3) is 6.76. The van der Waals surface area contributed by atoms with Crippen LogP contribution in [0.2, 0.25) is 0 Å². The van der Waals surface area contributed by atoms with Crippen molar-refractivity contribution in [1.29, 1.82) is 0 Å². The Morgan fingerprint density at radius 1 is 0.842 bits per heavy atom. The average molecular weight is 513 g/mol. The molecule has 0 atom stereocenters. The van der Waals surface area contributed by atoms with Crippen molar-refractivity contribution in [3.8, 4) is 5.75 Å². The predicted molar refractivity (Wildman–Crippen MR) is 147 cm³/mol. The van der Waals surface area contributed by atoms with Crippen molar-refractivity contribution >= 4 is 40.9 Å². The van der Waals surface area contributed by atoms with Crippen LogP contribution in [0.4, 0.5) is 34.9 Å². The largest absolute Gasteiger partial charge is 0.481 e. The molecule has 1 heterocycles. The first-order valence-corrected chi connectivity index (χ1v) is 11.7.